The number of fused-ring (bicyclic) bond motifs is 4. The number of H-pyrrole nitrogens is 1. The molecule has 3 aromatic heterocycles. The zero-order chi connectivity index (χ0) is 27.1. The highest BCUT2D eigenvalue weighted by Gasteiger charge is 2.55. The molecule has 2 aliphatic heterocycles. The Morgan fingerprint density at radius 2 is 2.00 bits per heavy atom. The zero-order valence-corrected chi connectivity index (χ0v) is 21.7. The monoisotopic (exact) mass is 553 g/mol. The van der Waals surface area contributed by atoms with Crippen LogP contribution in [0.4, 0.5) is 10.1 Å². The van der Waals surface area contributed by atoms with Crippen molar-refractivity contribution in [1.29, 1.82) is 0 Å². The van der Waals surface area contributed by atoms with E-state index >= 15 is 4.39 Å². The van der Waals surface area contributed by atoms with Crippen molar-refractivity contribution >= 4 is 17.3 Å². The normalized spacial score (nSPS) is 20.6. The summed E-state index contributed by atoms with van der Waals surface area (Å²) in [6.07, 6.45) is 3.98. The lowest BCUT2D eigenvalue weighted by Gasteiger charge is -2.20. The predicted molar refractivity (Wildman–Crippen MR) is 146 cm³/mol. The fourth-order valence-electron chi connectivity index (χ4n) is 6.06. The zero-order valence-electron chi connectivity index (χ0n) is 21.0. The van der Waals surface area contributed by atoms with E-state index in [1.165, 1.54) is 17.1 Å². The van der Waals surface area contributed by atoms with Crippen LogP contribution in [-0.2, 0) is 6.42 Å². The lowest BCUT2D eigenvalue weighted by Crippen LogP contribution is -2.27. The molecule has 5 heterocycles. The van der Waals surface area contributed by atoms with Crippen molar-refractivity contribution in [2.45, 2.75) is 31.2 Å². The van der Waals surface area contributed by atoms with E-state index in [1.54, 1.807) is 22.8 Å². The second kappa shape index (κ2) is 8.43. The molecule has 0 radical (unpaired) electrons. The summed E-state index contributed by atoms with van der Waals surface area (Å²) in [5.74, 6) is 0.783. The number of nitrogens with one attached hydrogen (secondary N) is 2. The quantitative estimate of drug-likeness (QED) is 0.332. The molecule has 40 heavy (non-hydrogen) atoms. The molecule has 3 aliphatic rings. The number of tetrazole rings is 1. The first kappa shape index (κ1) is 23.3. The summed E-state index contributed by atoms with van der Waals surface area (Å²) in [5, 5.41) is 15.2. The molecule has 0 amide bonds. The van der Waals surface area contributed by atoms with Crippen molar-refractivity contribution in [3.05, 3.63) is 99.6 Å². The fraction of sp³-hybridized carbons (Fsp3) is 0.214. The molecule has 12 heteroatoms. The van der Waals surface area contributed by atoms with Crippen LogP contribution in [0.2, 0.25) is 5.02 Å². The van der Waals surface area contributed by atoms with E-state index < -0.39 is 12.0 Å². The van der Waals surface area contributed by atoms with Crippen LogP contribution in [-0.4, -0.2) is 39.7 Å². The highest BCUT2D eigenvalue weighted by molar-refractivity contribution is 6.31. The van der Waals surface area contributed by atoms with Crippen LogP contribution in [0.1, 0.15) is 42.0 Å². The average molecular weight is 554 g/mol. The number of benzene rings is 2. The third-order valence-corrected chi connectivity index (χ3v) is 8.24. The minimum absolute atomic E-state index is 0.0906. The summed E-state index contributed by atoms with van der Waals surface area (Å²) >= 11 is 6.31. The van der Waals surface area contributed by atoms with Gasteiger partial charge in [0.2, 0.25) is 5.95 Å². The maximum Gasteiger partial charge on any atom is 0.254 e. The topological polar surface area (TPSA) is 119 Å². The van der Waals surface area contributed by atoms with Gasteiger partial charge in [-0.05, 0) is 71.5 Å². The number of hydrogen-bond donors (Lipinski definition) is 2. The summed E-state index contributed by atoms with van der Waals surface area (Å²) in [5.41, 5.74) is 5.51. The molecule has 3 atom stereocenters. The lowest BCUT2D eigenvalue weighted by atomic mass is 9.98. The van der Waals surface area contributed by atoms with Gasteiger partial charge >= 0.3 is 0 Å². The van der Waals surface area contributed by atoms with Crippen LogP contribution in [0.3, 0.4) is 0 Å². The van der Waals surface area contributed by atoms with Gasteiger partial charge < -0.3 is 10.3 Å². The summed E-state index contributed by atoms with van der Waals surface area (Å²) in [4.78, 5) is 26.0. The molecule has 5 aromatic rings. The summed E-state index contributed by atoms with van der Waals surface area (Å²) in [6, 6.07) is 12.1. The van der Waals surface area contributed by atoms with Gasteiger partial charge in [0, 0.05) is 39.5 Å². The van der Waals surface area contributed by atoms with Gasteiger partial charge in [-0.25, -0.2) is 9.97 Å². The number of nitrogens with zero attached hydrogens (tertiary/aromatic N) is 7. The number of aromatic nitrogens is 8. The molecule has 2 aromatic carbocycles. The molecule has 0 saturated heterocycles. The van der Waals surface area contributed by atoms with Gasteiger partial charge in [-0.3, -0.25) is 9.36 Å². The molecule has 8 rings (SSSR count). The minimum atomic E-state index is -0.517. The van der Waals surface area contributed by atoms with Gasteiger partial charge in [-0.1, -0.05) is 24.2 Å². The number of anilines is 1. The first-order chi connectivity index (χ1) is 19.4. The number of allylic oxidation sites excluding steroid dienone is 1. The maximum absolute atomic E-state index is 15.3. The molecular formula is C28H21ClFN9O. The Morgan fingerprint density at radius 1 is 1.10 bits per heavy atom. The van der Waals surface area contributed by atoms with Crippen LogP contribution >= 0.6 is 11.6 Å². The van der Waals surface area contributed by atoms with Crippen molar-refractivity contribution < 1.29 is 4.39 Å². The molecule has 1 saturated carbocycles. The second-order valence-electron chi connectivity index (χ2n) is 10.5. The van der Waals surface area contributed by atoms with Gasteiger partial charge in [0.05, 0.1) is 17.4 Å². The van der Waals surface area contributed by atoms with Gasteiger partial charge in [0.1, 0.15) is 23.7 Å². The Labute approximate surface area is 231 Å². The Morgan fingerprint density at radius 3 is 2.85 bits per heavy atom. The number of aryl methyl sites for hydroxylation is 1. The van der Waals surface area contributed by atoms with Crippen LogP contribution in [0.25, 0.3) is 28.2 Å². The van der Waals surface area contributed by atoms with Gasteiger partial charge in [0.15, 0.2) is 0 Å². The SMILES string of the molecule is C=C1CCc2cc(-c3nc(C4C5CC5c5nc(-c6cc(Cl)ccc6-n6cnnn6)cc(=O)n54)[nH]c3F)ccc2N1. The highest BCUT2D eigenvalue weighted by Crippen LogP contribution is 2.60. The second-order valence-corrected chi connectivity index (χ2v) is 10.9. The molecule has 10 nitrogen and oxygen atoms in total. The van der Waals surface area contributed by atoms with Crippen LogP contribution in [0, 0.1) is 11.9 Å². The molecule has 1 aliphatic carbocycles. The fourth-order valence-corrected chi connectivity index (χ4v) is 6.23. The Bertz CT molecular complexity index is 1910. The van der Waals surface area contributed by atoms with Crippen molar-refractivity contribution in [3.63, 3.8) is 0 Å². The lowest BCUT2D eigenvalue weighted by molar-refractivity contribution is 0.500. The summed E-state index contributed by atoms with van der Waals surface area (Å²) in [6.45, 7) is 4.00. The Balaban J connectivity index is 1.19. The van der Waals surface area contributed by atoms with E-state index in [-0.39, 0.29) is 23.1 Å². The van der Waals surface area contributed by atoms with E-state index in [1.807, 2.05) is 18.2 Å². The molecule has 198 valence electrons. The van der Waals surface area contributed by atoms with Crippen molar-refractivity contribution in [3.8, 4) is 28.2 Å². The van der Waals surface area contributed by atoms with Gasteiger partial charge in [-0.15, -0.1) is 5.10 Å². The molecule has 0 bridgehead atoms. The standard InChI is InChI=1S/C28H21ClFN9O/c1-13-2-3-14-8-15(4-6-20(14)32-13)24-26(30)35-27(34-24)25-17-10-18(17)28-33-21(11-23(40)39(25)28)19-9-16(29)5-7-22(19)38-12-31-36-37-38/h4-9,11-12,17-18,25,32H,1-3,10H2,(H,34,35). The number of halogens is 2. The number of rotatable bonds is 4. The van der Waals surface area contributed by atoms with Gasteiger partial charge in [-0.2, -0.15) is 9.07 Å². The molecule has 3 unspecified atom stereocenters. The van der Waals surface area contributed by atoms with E-state index in [2.05, 4.69) is 37.4 Å². The first-order valence-electron chi connectivity index (χ1n) is 12.9. The average Bonchev–Trinajstić information content (AvgIpc) is 3.24. The molecular weight excluding hydrogens is 533 g/mol. The molecule has 2 N–H and O–H groups in total. The Kier molecular flexibility index (Phi) is 4.90. The molecule has 0 spiro atoms. The van der Waals surface area contributed by atoms with Crippen molar-refractivity contribution in [1.82, 2.24) is 39.7 Å². The minimum Gasteiger partial charge on any atom is -0.359 e. The highest BCUT2D eigenvalue weighted by atomic mass is 35.5. The smallest absolute Gasteiger partial charge is 0.254 e. The summed E-state index contributed by atoms with van der Waals surface area (Å²) < 4.78 is 18.4. The maximum atomic E-state index is 15.3. The van der Waals surface area contributed by atoms with Crippen LogP contribution < -0.4 is 10.9 Å². The third kappa shape index (κ3) is 3.54. The number of hydrogen-bond acceptors (Lipinski definition) is 7. The van der Waals surface area contributed by atoms with E-state index in [4.69, 9.17) is 16.6 Å². The van der Waals surface area contributed by atoms with Crippen LogP contribution in [0.15, 0.2) is 65.9 Å². The van der Waals surface area contributed by atoms with Crippen molar-refractivity contribution in [2.24, 2.45) is 5.92 Å². The predicted octanol–water partition coefficient (Wildman–Crippen LogP) is 4.65. The van der Waals surface area contributed by atoms with E-state index in [9.17, 15) is 4.79 Å². The van der Waals surface area contributed by atoms with Gasteiger partial charge in [0.25, 0.3) is 5.56 Å². The first-order valence-corrected chi connectivity index (χ1v) is 13.3. The third-order valence-electron chi connectivity index (χ3n) is 8.01. The number of aromatic amines is 1. The molecule has 1 fully saturated rings. The summed E-state index contributed by atoms with van der Waals surface area (Å²) in [7, 11) is 0. The number of imidazole rings is 1. The Hall–Kier alpha value is -4.64. The van der Waals surface area contributed by atoms with Crippen molar-refractivity contribution in [2.75, 3.05) is 5.32 Å². The van der Waals surface area contributed by atoms with Crippen LogP contribution in [0.5, 0.6) is 0 Å². The largest absolute Gasteiger partial charge is 0.359 e. The van der Waals surface area contributed by atoms with E-state index in [0.29, 0.717) is 39.2 Å². The van der Waals surface area contributed by atoms with E-state index in [0.717, 1.165) is 36.2 Å².